The third kappa shape index (κ3) is 6.05. The summed E-state index contributed by atoms with van der Waals surface area (Å²) in [7, 11) is 0. The molecule has 2 radical (unpaired) electrons. The van der Waals surface area contributed by atoms with Crippen molar-refractivity contribution in [3.05, 3.63) is 91.1 Å². The van der Waals surface area contributed by atoms with Crippen LogP contribution in [0.25, 0.3) is 21.2 Å². The molecule has 2 aromatic carbocycles. The molecule has 0 amide bonds. The van der Waals surface area contributed by atoms with Gasteiger partial charge in [0.1, 0.15) is 0 Å². The predicted octanol–water partition coefficient (Wildman–Crippen LogP) is 7.83. The second-order valence-corrected chi connectivity index (χ2v) is 7.51. The van der Waals surface area contributed by atoms with Gasteiger partial charge in [-0.05, 0) is 10.3 Å². The molecule has 4 rings (SSSR count). The van der Waals surface area contributed by atoms with Gasteiger partial charge < -0.3 is 14.9 Å². The SMILES string of the molecule is CC1=[C-]C(C)C(C)=C1C.Cc1[cH-]c2ccccc2c1-c1cccs1.[CH3-].[CH3-].[Si]=[Zr]. The number of fused-ring (bicyclic) bond motifs is 1. The first-order chi connectivity index (χ1) is 12.5. The van der Waals surface area contributed by atoms with Crippen molar-refractivity contribution >= 4 is 29.0 Å². The van der Waals surface area contributed by atoms with Crippen LogP contribution >= 0.6 is 11.3 Å². The summed E-state index contributed by atoms with van der Waals surface area (Å²) in [5.74, 6) is 0.560. The summed E-state index contributed by atoms with van der Waals surface area (Å²) >= 11 is 3.17. The molecular weight excluding hydrogens is 452 g/mol. The van der Waals surface area contributed by atoms with Gasteiger partial charge in [0, 0.05) is 0 Å². The van der Waals surface area contributed by atoms with Crippen molar-refractivity contribution in [2.24, 2.45) is 5.92 Å². The Balaban J connectivity index is 0.000000491. The van der Waals surface area contributed by atoms with Crippen LogP contribution < -0.4 is 0 Å². The van der Waals surface area contributed by atoms with Crippen molar-refractivity contribution in [3.8, 4) is 10.4 Å². The van der Waals surface area contributed by atoms with Crippen molar-refractivity contribution in [1.82, 2.24) is 0 Å². The van der Waals surface area contributed by atoms with Crippen LogP contribution in [0.1, 0.15) is 33.3 Å². The summed E-state index contributed by atoms with van der Waals surface area (Å²) in [4.78, 5) is 1.37. The molecular formula is C25H30SSiZr-4. The van der Waals surface area contributed by atoms with Gasteiger partial charge in [0.2, 0.25) is 0 Å². The Morgan fingerprint density at radius 3 is 2.11 bits per heavy atom. The van der Waals surface area contributed by atoms with E-state index < -0.39 is 0 Å². The average molecular weight is 482 g/mol. The Labute approximate surface area is 193 Å². The van der Waals surface area contributed by atoms with Crippen LogP contribution in [0.2, 0.25) is 0 Å². The first-order valence-electron chi connectivity index (χ1n) is 8.70. The monoisotopic (exact) mass is 480 g/mol. The van der Waals surface area contributed by atoms with E-state index in [9.17, 15) is 0 Å². The molecule has 1 unspecified atom stereocenters. The van der Waals surface area contributed by atoms with E-state index in [1.165, 1.54) is 66.8 Å². The summed E-state index contributed by atoms with van der Waals surface area (Å²) in [6.07, 6.45) is 3.36. The van der Waals surface area contributed by atoms with E-state index in [1.54, 1.807) is 0 Å². The van der Waals surface area contributed by atoms with Crippen LogP contribution in [0.5, 0.6) is 0 Å². The number of hydrogen-bond donors (Lipinski definition) is 0. The number of hydrogen-bond acceptors (Lipinski definition) is 1. The standard InChI is InChI=1S/C14H11S.C9H13.2CH3.Si.Zr/c1-10-9-11-5-2-3-6-12(11)14(10)13-7-4-8-15-13;1-6-5-7(2)9(4)8(6)3;;;;/h2-9H,1H3;6H,1-4H3;2*1H3;;/q4*-1;;. The molecule has 0 nitrogen and oxygen atoms in total. The molecule has 0 saturated carbocycles. The topological polar surface area (TPSA) is 0 Å². The number of rotatable bonds is 1. The first kappa shape index (κ1) is 27.1. The molecule has 0 bridgehead atoms. The van der Waals surface area contributed by atoms with Gasteiger partial charge in [-0.1, -0.05) is 51.8 Å². The van der Waals surface area contributed by atoms with Gasteiger partial charge in [0.25, 0.3) is 0 Å². The summed E-state index contributed by atoms with van der Waals surface area (Å²) in [6, 6.07) is 15.2. The molecule has 3 aromatic rings. The minimum atomic E-state index is 0. The molecule has 0 aliphatic heterocycles. The fourth-order valence-corrected chi connectivity index (χ4v) is 4.13. The second-order valence-electron chi connectivity index (χ2n) is 6.57. The van der Waals surface area contributed by atoms with Crippen molar-refractivity contribution in [3.63, 3.8) is 0 Å². The van der Waals surface area contributed by atoms with E-state index in [4.69, 9.17) is 0 Å². The van der Waals surface area contributed by atoms with Crippen LogP contribution in [0.15, 0.2) is 64.6 Å². The van der Waals surface area contributed by atoms with Gasteiger partial charge in [-0.3, -0.25) is 6.08 Å². The Morgan fingerprint density at radius 1 is 1.00 bits per heavy atom. The summed E-state index contributed by atoms with van der Waals surface area (Å²) in [6.45, 7) is 13.9. The molecule has 0 N–H and O–H groups in total. The summed E-state index contributed by atoms with van der Waals surface area (Å²) in [5.41, 5.74) is 7.02. The van der Waals surface area contributed by atoms with Gasteiger partial charge >= 0.3 is 30.2 Å². The molecule has 1 atom stereocenters. The third-order valence-corrected chi connectivity index (χ3v) is 5.89. The van der Waals surface area contributed by atoms with E-state index in [-0.39, 0.29) is 14.9 Å². The zero-order valence-electron chi connectivity index (χ0n) is 18.1. The van der Waals surface area contributed by atoms with Crippen molar-refractivity contribution in [2.75, 3.05) is 0 Å². The van der Waals surface area contributed by atoms with E-state index in [0.29, 0.717) is 5.92 Å². The van der Waals surface area contributed by atoms with Gasteiger partial charge in [-0.25, -0.2) is 5.57 Å². The van der Waals surface area contributed by atoms with Crippen molar-refractivity contribution in [1.29, 1.82) is 0 Å². The first-order valence-corrected chi connectivity index (χ1v) is 13.8. The molecule has 0 spiro atoms. The van der Waals surface area contributed by atoms with Crippen LogP contribution in [0.3, 0.4) is 0 Å². The Kier molecular flexibility index (Phi) is 12.2. The van der Waals surface area contributed by atoms with Crippen LogP contribution in [0.4, 0.5) is 0 Å². The quantitative estimate of drug-likeness (QED) is 0.245. The molecule has 3 heteroatoms. The Morgan fingerprint density at radius 2 is 1.64 bits per heavy atom. The number of allylic oxidation sites excluding steroid dienone is 4. The van der Waals surface area contributed by atoms with E-state index in [1.807, 2.05) is 11.3 Å². The Hall–Kier alpha value is -0.890. The number of aryl methyl sites for hydroxylation is 1. The van der Waals surface area contributed by atoms with Crippen molar-refractivity contribution in [2.45, 2.75) is 34.6 Å². The summed E-state index contributed by atoms with van der Waals surface area (Å²) < 4.78 is 0. The van der Waals surface area contributed by atoms with Crippen molar-refractivity contribution < 1.29 is 23.3 Å². The van der Waals surface area contributed by atoms with Gasteiger partial charge in [-0.2, -0.15) is 22.5 Å². The zero-order chi connectivity index (χ0) is 19.3. The average Bonchev–Trinajstić information content (AvgIpc) is 3.33. The maximum atomic E-state index is 3.36. The molecule has 1 aromatic heterocycles. The molecule has 0 fully saturated rings. The van der Waals surface area contributed by atoms with E-state index in [2.05, 4.69) is 95.4 Å². The van der Waals surface area contributed by atoms with E-state index >= 15 is 0 Å². The molecule has 1 aliphatic carbocycles. The zero-order valence-corrected chi connectivity index (χ0v) is 22.4. The third-order valence-electron chi connectivity index (χ3n) is 5.00. The maximum absolute atomic E-state index is 3.36. The van der Waals surface area contributed by atoms with Crippen LogP contribution in [-0.2, 0) is 23.3 Å². The van der Waals surface area contributed by atoms with Crippen LogP contribution in [0, 0.1) is 33.8 Å². The normalized spacial score (nSPS) is 14.7. The summed E-state index contributed by atoms with van der Waals surface area (Å²) in [5, 5.41) is 4.85. The fourth-order valence-electron chi connectivity index (χ4n) is 3.28. The second kappa shape index (κ2) is 12.6. The van der Waals surface area contributed by atoms with Gasteiger partial charge in [0.05, 0.1) is 0 Å². The fraction of sp³-hybridized carbons (Fsp3) is 0.240. The molecule has 0 saturated heterocycles. The van der Waals surface area contributed by atoms with Crippen LogP contribution in [-0.4, -0.2) is 6.88 Å². The van der Waals surface area contributed by atoms with E-state index in [0.717, 1.165) is 0 Å². The number of thiophene rings is 1. The van der Waals surface area contributed by atoms with Gasteiger partial charge in [-0.15, -0.1) is 53.1 Å². The minimum absolute atomic E-state index is 0. The Bertz CT molecular complexity index is 929. The van der Waals surface area contributed by atoms with Gasteiger partial charge in [0.15, 0.2) is 0 Å². The number of benzene rings is 1. The molecule has 1 aliphatic rings. The predicted molar refractivity (Wildman–Crippen MR) is 126 cm³/mol. The molecule has 1 heterocycles. The molecule has 28 heavy (non-hydrogen) atoms. The molecule has 148 valence electrons.